The van der Waals surface area contributed by atoms with E-state index in [0.717, 1.165) is 0 Å². The van der Waals surface area contributed by atoms with Crippen LogP contribution in [0.15, 0.2) is 18.2 Å². The van der Waals surface area contributed by atoms with Crippen LogP contribution in [0.1, 0.15) is 45.0 Å². The number of urea groups is 1. The van der Waals surface area contributed by atoms with E-state index < -0.39 is 30.0 Å². The molecule has 0 saturated heterocycles. The molecule has 0 fully saturated rings. The quantitative estimate of drug-likeness (QED) is 0.742. The third-order valence-electron chi connectivity index (χ3n) is 3.13. The van der Waals surface area contributed by atoms with Gasteiger partial charge in [-0.2, -0.15) is 0 Å². The first kappa shape index (κ1) is 20.8. The van der Waals surface area contributed by atoms with Gasteiger partial charge in [-0.25, -0.2) is 4.79 Å². The summed E-state index contributed by atoms with van der Waals surface area (Å²) in [6.07, 6.45) is 0. The second kappa shape index (κ2) is 8.20. The van der Waals surface area contributed by atoms with E-state index in [1.54, 1.807) is 19.9 Å². The summed E-state index contributed by atoms with van der Waals surface area (Å²) in [5.41, 5.74) is 0.101. The lowest BCUT2D eigenvalue weighted by Crippen LogP contribution is -2.43. The zero-order valence-electron chi connectivity index (χ0n) is 15.0. The number of carboxylic acid groups (broad SMARTS) is 1. The van der Waals surface area contributed by atoms with Gasteiger partial charge in [-0.3, -0.25) is 9.59 Å². The molecule has 0 atom stereocenters. The highest BCUT2D eigenvalue weighted by Crippen LogP contribution is 2.23. The Labute approximate surface area is 152 Å². The number of aliphatic carboxylic acids is 1. The highest BCUT2D eigenvalue weighted by atomic mass is 35.5. The molecule has 1 rings (SSSR count). The molecule has 0 aliphatic heterocycles. The molecule has 0 aliphatic carbocycles. The van der Waals surface area contributed by atoms with Crippen molar-refractivity contribution in [3.8, 4) is 0 Å². The maximum atomic E-state index is 12.7. The fraction of sp³-hybridized carbons (Fsp3) is 0.471. The van der Waals surface area contributed by atoms with E-state index in [-0.39, 0.29) is 16.6 Å². The molecule has 1 aromatic rings. The fourth-order valence-electron chi connectivity index (χ4n) is 2.06. The fourth-order valence-corrected chi connectivity index (χ4v) is 2.26. The van der Waals surface area contributed by atoms with Gasteiger partial charge in [0, 0.05) is 17.3 Å². The van der Waals surface area contributed by atoms with Crippen LogP contribution in [0, 0.1) is 0 Å². The Balaban J connectivity index is 3.05. The number of carboxylic acids is 1. The molecule has 3 amide bonds. The summed E-state index contributed by atoms with van der Waals surface area (Å²) in [5.74, 6) is -1.63. The predicted molar refractivity (Wildman–Crippen MR) is 97.2 cm³/mol. The number of carbonyl (C=O) groups is 3. The SMILES string of the molecule is CC(C)N(CC(=O)O)C(=O)c1cc(NC(=O)NC(C)(C)C)ccc1Cl. The molecular formula is C17H24ClN3O4. The molecule has 0 bridgehead atoms. The molecule has 8 heteroatoms. The Morgan fingerprint density at radius 3 is 2.32 bits per heavy atom. The maximum absolute atomic E-state index is 12.7. The van der Waals surface area contributed by atoms with Gasteiger partial charge < -0.3 is 20.6 Å². The Morgan fingerprint density at radius 1 is 1.24 bits per heavy atom. The number of rotatable bonds is 5. The lowest BCUT2D eigenvalue weighted by Gasteiger charge is -2.25. The van der Waals surface area contributed by atoms with Gasteiger partial charge >= 0.3 is 12.0 Å². The van der Waals surface area contributed by atoms with E-state index in [1.807, 2.05) is 20.8 Å². The molecule has 0 aliphatic rings. The van der Waals surface area contributed by atoms with Crippen LogP contribution in [0.5, 0.6) is 0 Å². The third-order valence-corrected chi connectivity index (χ3v) is 3.46. The molecule has 0 heterocycles. The van der Waals surface area contributed by atoms with Crippen molar-refractivity contribution in [3.63, 3.8) is 0 Å². The van der Waals surface area contributed by atoms with Gasteiger partial charge in [0.2, 0.25) is 0 Å². The first-order chi connectivity index (χ1) is 11.4. The Hall–Kier alpha value is -2.28. The normalized spacial score (nSPS) is 11.2. The molecule has 0 saturated carbocycles. The van der Waals surface area contributed by atoms with Gasteiger partial charge in [-0.15, -0.1) is 0 Å². The lowest BCUT2D eigenvalue weighted by atomic mass is 10.1. The van der Waals surface area contributed by atoms with Crippen LogP contribution in [0.2, 0.25) is 5.02 Å². The molecule has 0 unspecified atom stereocenters. The minimum atomic E-state index is -1.11. The van der Waals surface area contributed by atoms with Crippen LogP contribution < -0.4 is 10.6 Å². The third kappa shape index (κ3) is 6.62. The van der Waals surface area contributed by atoms with Gasteiger partial charge in [0.25, 0.3) is 5.91 Å². The van der Waals surface area contributed by atoms with Crippen molar-refractivity contribution in [1.29, 1.82) is 0 Å². The van der Waals surface area contributed by atoms with Crippen LogP contribution in [0.3, 0.4) is 0 Å². The van der Waals surface area contributed by atoms with Crippen LogP contribution in [-0.4, -0.2) is 46.0 Å². The van der Waals surface area contributed by atoms with Crippen molar-refractivity contribution in [3.05, 3.63) is 28.8 Å². The molecule has 3 N–H and O–H groups in total. The average Bonchev–Trinajstić information content (AvgIpc) is 2.43. The highest BCUT2D eigenvalue weighted by molar-refractivity contribution is 6.34. The molecular weight excluding hydrogens is 346 g/mol. The van der Waals surface area contributed by atoms with Crippen molar-refractivity contribution < 1.29 is 19.5 Å². The van der Waals surface area contributed by atoms with Gasteiger partial charge in [0.1, 0.15) is 6.54 Å². The van der Waals surface area contributed by atoms with Gasteiger partial charge in [0.05, 0.1) is 10.6 Å². The van der Waals surface area contributed by atoms with E-state index in [2.05, 4.69) is 10.6 Å². The minimum absolute atomic E-state index is 0.130. The summed E-state index contributed by atoms with van der Waals surface area (Å²) in [7, 11) is 0. The number of carbonyl (C=O) groups excluding carboxylic acids is 2. The summed E-state index contributed by atoms with van der Waals surface area (Å²) < 4.78 is 0. The zero-order chi connectivity index (χ0) is 19.4. The number of nitrogens with zero attached hydrogens (tertiary/aromatic N) is 1. The van der Waals surface area contributed by atoms with E-state index in [0.29, 0.717) is 5.69 Å². The van der Waals surface area contributed by atoms with Crippen molar-refractivity contribution >= 4 is 35.2 Å². The topological polar surface area (TPSA) is 98.7 Å². The van der Waals surface area contributed by atoms with Gasteiger partial charge in [-0.05, 0) is 52.8 Å². The predicted octanol–water partition coefficient (Wildman–Crippen LogP) is 3.20. The van der Waals surface area contributed by atoms with E-state index in [1.165, 1.54) is 17.0 Å². The van der Waals surface area contributed by atoms with Crippen LogP contribution in [0.4, 0.5) is 10.5 Å². The van der Waals surface area contributed by atoms with Crippen molar-refractivity contribution in [1.82, 2.24) is 10.2 Å². The van der Waals surface area contributed by atoms with Crippen molar-refractivity contribution in [2.24, 2.45) is 0 Å². The lowest BCUT2D eigenvalue weighted by molar-refractivity contribution is -0.138. The van der Waals surface area contributed by atoms with Gasteiger partial charge in [0.15, 0.2) is 0 Å². The molecule has 0 radical (unpaired) electrons. The average molecular weight is 370 g/mol. The molecule has 7 nitrogen and oxygen atoms in total. The number of nitrogens with one attached hydrogen (secondary N) is 2. The second-order valence-electron chi connectivity index (χ2n) is 6.94. The summed E-state index contributed by atoms with van der Waals surface area (Å²) in [6, 6.07) is 3.75. The summed E-state index contributed by atoms with van der Waals surface area (Å²) in [5, 5.41) is 14.5. The molecule has 25 heavy (non-hydrogen) atoms. The highest BCUT2D eigenvalue weighted by Gasteiger charge is 2.24. The van der Waals surface area contributed by atoms with E-state index in [9.17, 15) is 14.4 Å². The van der Waals surface area contributed by atoms with Crippen LogP contribution in [0.25, 0.3) is 0 Å². The van der Waals surface area contributed by atoms with Crippen LogP contribution in [-0.2, 0) is 4.79 Å². The van der Waals surface area contributed by atoms with E-state index >= 15 is 0 Å². The Bertz CT molecular complexity index is 668. The Kier molecular flexibility index (Phi) is 6.81. The first-order valence-electron chi connectivity index (χ1n) is 7.82. The molecule has 0 spiro atoms. The van der Waals surface area contributed by atoms with E-state index in [4.69, 9.17) is 16.7 Å². The monoisotopic (exact) mass is 369 g/mol. The molecule has 1 aromatic carbocycles. The number of halogens is 1. The van der Waals surface area contributed by atoms with Gasteiger partial charge in [-0.1, -0.05) is 11.6 Å². The number of anilines is 1. The summed E-state index contributed by atoms with van der Waals surface area (Å²) in [6.45, 7) is 8.53. The van der Waals surface area contributed by atoms with Crippen molar-refractivity contribution in [2.45, 2.75) is 46.2 Å². The Morgan fingerprint density at radius 2 is 1.84 bits per heavy atom. The number of hydrogen-bond donors (Lipinski definition) is 3. The smallest absolute Gasteiger partial charge is 0.323 e. The molecule has 138 valence electrons. The summed E-state index contributed by atoms with van der Waals surface area (Å²) in [4.78, 5) is 36.8. The zero-order valence-corrected chi connectivity index (χ0v) is 15.8. The van der Waals surface area contributed by atoms with Crippen LogP contribution >= 0.6 is 11.6 Å². The largest absolute Gasteiger partial charge is 0.480 e. The maximum Gasteiger partial charge on any atom is 0.323 e. The standard InChI is InChI=1S/C17H24ClN3O4/c1-10(2)21(9-14(22)23)15(24)12-8-11(6-7-13(12)18)19-16(25)20-17(3,4)5/h6-8,10H,9H2,1-5H3,(H,22,23)(H2,19,20,25). The second-order valence-corrected chi connectivity index (χ2v) is 7.35. The number of hydrogen-bond acceptors (Lipinski definition) is 3. The number of benzene rings is 1. The minimum Gasteiger partial charge on any atom is -0.480 e. The number of amides is 3. The van der Waals surface area contributed by atoms with Crippen molar-refractivity contribution in [2.75, 3.05) is 11.9 Å². The molecule has 0 aromatic heterocycles. The first-order valence-corrected chi connectivity index (χ1v) is 8.20. The summed E-state index contributed by atoms with van der Waals surface area (Å²) >= 11 is 6.10.